The zero-order valence-electron chi connectivity index (χ0n) is 7.96. The van der Waals surface area contributed by atoms with Crippen molar-refractivity contribution in [2.45, 2.75) is 39.3 Å². The number of hydrogen-bond acceptors (Lipinski definition) is 1. The maximum atomic E-state index is 5.87. The van der Waals surface area contributed by atoms with Crippen LogP contribution in [0.1, 0.15) is 26.0 Å². The largest absolute Gasteiger partial charge is 0.352 e. The first kappa shape index (κ1) is 9.33. The van der Waals surface area contributed by atoms with Gasteiger partial charge in [-0.05, 0) is 25.5 Å². The Balaban J connectivity index is 2.61. The van der Waals surface area contributed by atoms with Crippen LogP contribution in [0.15, 0.2) is 18.3 Å². The summed E-state index contributed by atoms with van der Waals surface area (Å²) in [5.74, 6) is 0. The minimum Gasteiger partial charge on any atom is -0.352 e. The average molecular weight is 166 g/mol. The Morgan fingerprint density at radius 3 is 2.83 bits per heavy atom. The van der Waals surface area contributed by atoms with Crippen molar-refractivity contribution in [2.24, 2.45) is 5.73 Å². The van der Waals surface area contributed by atoms with Crippen molar-refractivity contribution < 1.29 is 0 Å². The van der Waals surface area contributed by atoms with Crippen molar-refractivity contribution in [3.63, 3.8) is 0 Å². The van der Waals surface area contributed by atoms with Gasteiger partial charge < -0.3 is 10.3 Å². The topological polar surface area (TPSA) is 30.9 Å². The van der Waals surface area contributed by atoms with E-state index in [0.717, 1.165) is 19.4 Å². The van der Waals surface area contributed by atoms with Gasteiger partial charge in [0.15, 0.2) is 0 Å². The lowest BCUT2D eigenvalue weighted by atomic mass is 10.1. The molecule has 0 aliphatic carbocycles. The molecule has 0 fully saturated rings. The van der Waals surface area contributed by atoms with Crippen LogP contribution >= 0.6 is 0 Å². The Morgan fingerprint density at radius 2 is 2.25 bits per heavy atom. The Bertz CT molecular complexity index is 227. The monoisotopic (exact) mass is 166 g/mol. The second-order valence-corrected chi connectivity index (χ2v) is 3.16. The predicted molar refractivity (Wildman–Crippen MR) is 52.1 cm³/mol. The molecule has 1 rings (SSSR count). The predicted octanol–water partition coefficient (Wildman–Crippen LogP) is 1.79. The number of rotatable bonds is 4. The van der Waals surface area contributed by atoms with Crippen molar-refractivity contribution in [1.82, 2.24) is 4.57 Å². The number of aromatic nitrogens is 1. The van der Waals surface area contributed by atoms with E-state index in [2.05, 4.69) is 36.7 Å². The molecular formula is C10H18N2. The van der Waals surface area contributed by atoms with Crippen LogP contribution in [0.5, 0.6) is 0 Å². The third-order valence-corrected chi connectivity index (χ3v) is 2.26. The lowest BCUT2D eigenvalue weighted by molar-refractivity contribution is 0.604. The van der Waals surface area contributed by atoms with Gasteiger partial charge in [-0.25, -0.2) is 0 Å². The minimum absolute atomic E-state index is 0.310. The second-order valence-electron chi connectivity index (χ2n) is 3.16. The molecule has 2 N–H and O–H groups in total. The fourth-order valence-electron chi connectivity index (χ4n) is 1.36. The Labute approximate surface area is 74.4 Å². The van der Waals surface area contributed by atoms with Crippen LogP contribution in [0, 0.1) is 0 Å². The van der Waals surface area contributed by atoms with E-state index in [4.69, 9.17) is 5.73 Å². The molecule has 2 heteroatoms. The molecule has 0 spiro atoms. The molecule has 1 atom stereocenters. The van der Waals surface area contributed by atoms with Crippen LogP contribution in [0.25, 0.3) is 0 Å². The number of nitrogens with zero attached hydrogens (tertiary/aromatic N) is 1. The van der Waals surface area contributed by atoms with Gasteiger partial charge in [0.25, 0.3) is 0 Å². The molecule has 1 aromatic heterocycles. The highest BCUT2D eigenvalue weighted by atomic mass is 15.0. The highest BCUT2D eigenvalue weighted by Gasteiger charge is 2.03. The summed E-state index contributed by atoms with van der Waals surface area (Å²) in [7, 11) is 0. The standard InChI is InChI=1S/C10H18N2/c1-3-9(11)8-10-6-5-7-12(10)4-2/h5-7,9H,3-4,8,11H2,1-2H3. The summed E-state index contributed by atoms with van der Waals surface area (Å²) in [6, 6.07) is 4.55. The van der Waals surface area contributed by atoms with Gasteiger partial charge >= 0.3 is 0 Å². The molecule has 12 heavy (non-hydrogen) atoms. The van der Waals surface area contributed by atoms with Gasteiger partial charge in [-0.3, -0.25) is 0 Å². The second kappa shape index (κ2) is 4.31. The summed E-state index contributed by atoms with van der Waals surface area (Å²) in [6.07, 6.45) is 4.16. The van der Waals surface area contributed by atoms with Gasteiger partial charge in [-0.2, -0.15) is 0 Å². The van der Waals surface area contributed by atoms with E-state index in [-0.39, 0.29) is 0 Å². The van der Waals surface area contributed by atoms with Crippen LogP contribution in [0.4, 0.5) is 0 Å². The molecule has 1 unspecified atom stereocenters. The van der Waals surface area contributed by atoms with Gasteiger partial charge in [0.2, 0.25) is 0 Å². The Morgan fingerprint density at radius 1 is 1.50 bits per heavy atom. The molecule has 0 aliphatic rings. The normalized spacial score (nSPS) is 13.2. The lowest BCUT2D eigenvalue weighted by Crippen LogP contribution is -2.22. The molecule has 1 aromatic rings. The van der Waals surface area contributed by atoms with E-state index in [1.165, 1.54) is 5.69 Å². The van der Waals surface area contributed by atoms with Crippen LogP contribution in [-0.2, 0) is 13.0 Å². The first-order chi connectivity index (χ1) is 5.77. The molecule has 0 aromatic carbocycles. The highest BCUT2D eigenvalue weighted by Crippen LogP contribution is 2.05. The third-order valence-electron chi connectivity index (χ3n) is 2.26. The summed E-state index contributed by atoms with van der Waals surface area (Å²) in [5, 5.41) is 0. The SMILES string of the molecule is CCC(N)Cc1cccn1CC. The molecule has 0 saturated heterocycles. The summed E-state index contributed by atoms with van der Waals surface area (Å²) in [5.41, 5.74) is 7.23. The zero-order valence-corrected chi connectivity index (χ0v) is 7.96. The molecule has 0 aliphatic heterocycles. The van der Waals surface area contributed by atoms with E-state index in [1.807, 2.05) is 0 Å². The van der Waals surface area contributed by atoms with E-state index in [0.29, 0.717) is 6.04 Å². The highest BCUT2D eigenvalue weighted by molar-refractivity contribution is 5.08. The molecule has 68 valence electrons. The van der Waals surface area contributed by atoms with Crippen LogP contribution in [0.3, 0.4) is 0 Å². The fraction of sp³-hybridized carbons (Fsp3) is 0.600. The summed E-state index contributed by atoms with van der Waals surface area (Å²) in [4.78, 5) is 0. The summed E-state index contributed by atoms with van der Waals surface area (Å²) >= 11 is 0. The third kappa shape index (κ3) is 2.11. The fourth-order valence-corrected chi connectivity index (χ4v) is 1.36. The quantitative estimate of drug-likeness (QED) is 0.726. The van der Waals surface area contributed by atoms with Gasteiger partial charge in [-0.1, -0.05) is 6.92 Å². The lowest BCUT2D eigenvalue weighted by Gasteiger charge is -2.10. The molecule has 1 heterocycles. The molecule has 0 radical (unpaired) electrons. The van der Waals surface area contributed by atoms with Gasteiger partial charge in [0, 0.05) is 30.9 Å². The van der Waals surface area contributed by atoms with Crippen molar-refractivity contribution in [3.05, 3.63) is 24.0 Å². The number of hydrogen-bond donors (Lipinski definition) is 1. The Kier molecular flexibility index (Phi) is 3.35. The summed E-state index contributed by atoms with van der Waals surface area (Å²) in [6.45, 7) is 5.32. The molecular weight excluding hydrogens is 148 g/mol. The van der Waals surface area contributed by atoms with Gasteiger partial charge in [0.1, 0.15) is 0 Å². The van der Waals surface area contributed by atoms with Crippen LogP contribution < -0.4 is 5.73 Å². The van der Waals surface area contributed by atoms with Crippen molar-refractivity contribution >= 4 is 0 Å². The molecule has 0 bridgehead atoms. The van der Waals surface area contributed by atoms with E-state index in [9.17, 15) is 0 Å². The maximum absolute atomic E-state index is 5.87. The molecule has 0 amide bonds. The van der Waals surface area contributed by atoms with E-state index >= 15 is 0 Å². The van der Waals surface area contributed by atoms with Gasteiger partial charge in [-0.15, -0.1) is 0 Å². The summed E-state index contributed by atoms with van der Waals surface area (Å²) < 4.78 is 2.25. The van der Waals surface area contributed by atoms with E-state index in [1.54, 1.807) is 0 Å². The van der Waals surface area contributed by atoms with Gasteiger partial charge in [0.05, 0.1) is 0 Å². The first-order valence-corrected chi connectivity index (χ1v) is 4.67. The smallest absolute Gasteiger partial charge is 0.0193 e. The van der Waals surface area contributed by atoms with Crippen molar-refractivity contribution in [2.75, 3.05) is 0 Å². The van der Waals surface area contributed by atoms with Crippen molar-refractivity contribution in [3.8, 4) is 0 Å². The minimum atomic E-state index is 0.310. The number of nitrogens with two attached hydrogens (primary N) is 1. The maximum Gasteiger partial charge on any atom is 0.0193 e. The molecule has 0 saturated carbocycles. The van der Waals surface area contributed by atoms with E-state index < -0.39 is 0 Å². The first-order valence-electron chi connectivity index (χ1n) is 4.67. The van der Waals surface area contributed by atoms with Crippen LogP contribution in [0.2, 0.25) is 0 Å². The zero-order chi connectivity index (χ0) is 8.97. The molecule has 2 nitrogen and oxygen atoms in total. The van der Waals surface area contributed by atoms with Crippen molar-refractivity contribution in [1.29, 1.82) is 0 Å². The number of aryl methyl sites for hydroxylation is 1. The Hall–Kier alpha value is -0.760. The average Bonchev–Trinajstić information content (AvgIpc) is 2.51. The van der Waals surface area contributed by atoms with Crippen LogP contribution in [-0.4, -0.2) is 10.6 Å².